The molecular formula is C29H32P2. The third-order valence-electron chi connectivity index (χ3n) is 5.28. The highest BCUT2D eigenvalue weighted by molar-refractivity contribution is 7.73. The minimum atomic E-state index is -0.283. The van der Waals surface area contributed by atoms with Crippen molar-refractivity contribution in [3.63, 3.8) is 0 Å². The third kappa shape index (κ3) is 6.61. The van der Waals surface area contributed by atoms with Gasteiger partial charge in [-0.05, 0) is 62.2 Å². The lowest BCUT2D eigenvalue weighted by Crippen LogP contribution is -2.15. The molecule has 0 fully saturated rings. The van der Waals surface area contributed by atoms with E-state index in [9.17, 15) is 0 Å². The Balaban J connectivity index is 0.00000272. The van der Waals surface area contributed by atoms with Crippen LogP contribution in [-0.2, 0) is 0 Å². The van der Waals surface area contributed by atoms with Crippen LogP contribution < -0.4 is 21.2 Å². The largest absolute Gasteiger partial charge is 0.0776 e. The molecule has 158 valence electrons. The molecule has 0 unspecified atom stereocenters. The molecule has 0 amide bonds. The van der Waals surface area contributed by atoms with E-state index in [-0.39, 0.29) is 23.3 Å². The van der Waals surface area contributed by atoms with Crippen LogP contribution in [0.4, 0.5) is 0 Å². The van der Waals surface area contributed by atoms with Crippen molar-refractivity contribution in [1.82, 2.24) is 0 Å². The zero-order chi connectivity index (χ0) is 20.4. The fourth-order valence-corrected chi connectivity index (χ4v) is 8.62. The Hall–Kier alpha value is -2.26. The summed E-state index contributed by atoms with van der Waals surface area (Å²) < 4.78 is 0. The minimum Gasteiger partial charge on any atom is -0.0776 e. The van der Waals surface area contributed by atoms with Gasteiger partial charge in [0.2, 0.25) is 0 Å². The molecular weight excluding hydrogens is 410 g/mol. The van der Waals surface area contributed by atoms with Gasteiger partial charge in [-0.15, -0.1) is 0 Å². The van der Waals surface area contributed by atoms with Crippen LogP contribution in [0.1, 0.15) is 20.3 Å². The van der Waals surface area contributed by atoms with Gasteiger partial charge in [-0.25, -0.2) is 0 Å². The molecule has 0 N–H and O–H groups in total. The molecule has 4 aromatic carbocycles. The van der Waals surface area contributed by atoms with E-state index in [1.807, 2.05) is 0 Å². The van der Waals surface area contributed by atoms with Crippen LogP contribution in [0.25, 0.3) is 0 Å². The maximum absolute atomic E-state index is 2.31. The van der Waals surface area contributed by atoms with Gasteiger partial charge in [0.05, 0.1) is 0 Å². The number of hydrogen-bond acceptors (Lipinski definition) is 0. The highest BCUT2D eigenvalue weighted by Gasteiger charge is 2.15. The van der Waals surface area contributed by atoms with Crippen molar-refractivity contribution in [2.24, 2.45) is 0 Å². The molecule has 0 aliphatic heterocycles. The van der Waals surface area contributed by atoms with Gasteiger partial charge in [0, 0.05) is 0 Å². The van der Waals surface area contributed by atoms with Gasteiger partial charge in [-0.2, -0.15) is 0 Å². The van der Waals surface area contributed by atoms with Crippen LogP contribution in [0.3, 0.4) is 0 Å². The molecule has 0 aliphatic carbocycles. The van der Waals surface area contributed by atoms with E-state index in [1.165, 1.54) is 46.4 Å². The van der Waals surface area contributed by atoms with Crippen LogP contribution in [0.15, 0.2) is 121 Å². The van der Waals surface area contributed by atoms with Crippen molar-refractivity contribution in [3.8, 4) is 0 Å². The standard InChI is InChI=1S/C28H28P2.CH4/c1-5-15-25(16-6-1)29(26-17-7-2-8-18-26)23-13-14-24-30(27-19-9-3-10-20-27)28-21-11-4-12-22-28;/h1-12,15-22H,13-14,23-24H2;1H4. The Kier molecular flexibility index (Phi) is 9.48. The second-order valence-corrected chi connectivity index (χ2v) is 12.0. The summed E-state index contributed by atoms with van der Waals surface area (Å²) in [6.45, 7) is 0. The first-order valence-electron chi connectivity index (χ1n) is 10.7. The fraction of sp³-hybridized carbons (Fsp3) is 0.172. The van der Waals surface area contributed by atoms with Crippen LogP contribution in [0, 0.1) is 0 Å². The maximum atomic E-state index is 2.31. The van der Waals surface area contributed by atoms with Gasteiger partial charge < -0.3 is 0 Å². The summed E-state index contributed by atoms with van der Waals surface area (Å²) in [6, 6.07) is 44.3. The van der Waals surface area contributed by atoms with E-state index in [0.717, 1.165) is 0 Å². The molecule has 0 saturated carbocycles. The van der Waals surface area contributed by atoms with Crippen LogP contribution >= 0.6 is 15.8 Å². The molecule has 0 radical (unpaired) electrons. The van der Waals surface area contributed by atoms with Crippen molar-refractivity contribution in [2.45, 2.75) is 20.3 Å². The maximum Gasteiger partial charge on any atom is -0.0195 e. The zero-order valence-electron chi connectivity index (χ0n) is 17.3. The van der Waals surface area contributed by atoms with Crippen molar-refractivity contribution in [3.05, 3.63) is 121 Å². The highest BCUT2D eigenvalue weighted by Crippen LogP contribution is 2.38. The molecule has 0 bridgehead atoms. The Morgan fingerprint density at radius 2 is 0.581 bits per heavy atom. The quantitative estimate of drug-likeness (QED) is 0.201. The summed E-state index contributed by atoms with van der Waals surface area (Å²) in [5.41, 5.74) is 0. The topological polar surface area (TPSA) is 0 Å². The Morgan fingerprint density at radius 3 is 0.806 bits per heavy atom. The third-order valence-corrected chi connectivity index (χ3v) is 10.5. The summed E-state index contributed by atoms with van der Waals surface area (Å²) in [6.07, 6.45) is 5.06. The van der Waals surface area contributed by atoms with Crippen molar-refractivity contribution in [2.75, 3.05) is 12.3 Å². The molecule has 4 aromatic rings. The lowest BCUT2D eigenvalue weighted by Gasteiger charge is -2.21. The average Bonchev–Trinajstić information content (AvgIpc) is 2.84. The van der Waals surface area contributed by atoms with E-state index in [2.05, 4.69) is 121 Å². The number of hydrogen-bond donors (Lipinski definition) is 0. The van der Waals surface area contributed by atoms with Gasteiger partial charge >= 0.3 is 0 Å². The Bertz CT molecular complexity index is 822. The zero-order valence-corrected chi connectivity index (χ0v) is 19.1. The normalized spacial score (nSPS) is 10.8. The molecule has 0 atom stereocenters. The molecule has 0 spiro atoms. The summed E-state index contributed by atoms with van der Waals surface area (Å²) in [5.74, 6) is 0. The summed E-state index contributed by atoms with van der Waals surface area (Å²) in [5, 5.41) is 5.97. The average molecular weight is 443 g/mol. The van der Waals surface area contributed by atoms with Gasteiger partial charge in [0.15, 0.2) is 0 Å². The predicted octanol–water partition coefficient (Wildman–Crippen LogP) is 6.67. The highest BCUT2D eigenvalue weighted by atomic mass is 31.1. The SMILES string of the molecule is C.c1ccc(P(CCCCP(c2ccccc2)c2ccccc2)c2ccccc2)cc1. The van der Waals surface area contributed by atoms with Crippen LogP contribution in [-0.4, -0.2) is 12.3 Å². The van der Waals surface area contributed by atoms with E-state index in [1.54, 1.807) is 0 Å². The minimum absolute atomic E-state index is 0. The number of rotatable bonds is 9. The first kappa shape index (κ1) is 23.4. The monoisotopic (exact) mass is 442 g/mol. The van der Waals surface area contributed by atoms with E-state index in [0.29, 0.717) is 0 Å². The number of benzene rings is 4. The first-order chi connectivity index (χ1) is 14.9. The van der Waals surface area contributed by atoms with Gasteiger partial charge in [0.25, 0.3) is 0 Å². The van der Waals surface area contributed by atoms with Gasteiger partial charge in [0.1, 0.15) is 0 Å². The van der Waals surface area contributed by atoms with Crippen LogP contribution in [0.2, 0.25) is 0 Å². The second-order valence-electron chi connectivity index (χ2n) is 7.35. The van der Waals surface area contributed by atoms with Crippen molar-refractivity contribution in [1.29, 1.82) is 0 Å². The fourth-order valence-electron chi connectivity index (χ4n) is 3.79. The molecule has 4 rings (SSSR count). The molecule has 0 heterocycles. The lowest BCUT2D eigenvalue weighted by atomic mass is 10.4. The Labute approximate surface area is 190 Å². The molecule has 0 aromatic heterocycles. The predicted molar refractivity (Wildman–Crippen MR) is 144 cm³/mol. The van der Waals surface area contributed by atoms with Gasteiger partial charge in [-0.3, -0.25) is 0 Å². The van der Waals surface area contributed by atoms with Gasteiger partial charge in [-0.1, -0.05) is 129 Å². The smallest absolute Gasteiger partial charge is 0.0195 e. The molecule has 0 nitrogen and oxygen atoms in total. The van der Waals surface area contributed by atoms with E-state index in [4.69, 9.17) is 0 Å². The van der Waals surface area contributed by atoms with Crippen LogP contribution in [0.5, 0.6) is 0 Å². The number of unbranched alkanes of at least 4 members (excludes halogenated alkanes) is 1. The second kappa shape index (κ2) is 12.6. The Morgan fingerprint density at radius 1 is 0.355 bits per heavy atom. The molecule has 0 aliphatic rings. The summed E-state index contributed by atoms with van der Waals surface area (Å²) in [4.78, 5) is 0. The van der Waals surface area contributed by atoms with Crippen molar-refractivity contribution >= 4 is 37.1 Å². The first-order valence-corrected chi connectivity index (χ1v) is 13.7. The lowest BCUT2D eigenvalue weighted by molar-refractivity contribution is 0.902. The van der Waals surface area contributed by atoms with Crippen molar-refractivity contribution < 1.29 is 0 Å². The molecule has 31 heavy (non-hydrogen) atoms. The summed E-state index contributed by atoms with van der Waals surface area (Å²) in [7, 11) is -0.566. The molecule has 2 heteroatoms. The molecule has 0 saturated heterocycles. The van der Waals surface area contributed by atoms with E-state index >= 15 is 0 Å². The van der Waals surface area contributed by atoms with E-state index < -0.39 is 0 Å². The summed E-state index contributed by atoms with van der Waals surface area (Å²) >= 11 is 0.